The summed E-state index contributed by atoms with van der Waals surface area (Å²) in [6.45, 7) is 0. The number of rotatable bonds is 3. The summed E-state index contributed by atoms with van der Waals surface area (Å²) >= 11 is 8.80. The maximum Gasteiger partial charge on any atom is 0.336 e. The average molecular weight is 345 g/mol. The van der Waals surface area contributed by atoms with Gasteiger partial charge in [-0.1, -0.05) is 0 Å². The summed E-state index contributed by atoms with van der Waals surface area (Å²) in [7, 11) is 0. The van der Waals surface area contributed by atoms with Crippen LogP contribution in [0.5, 0.6) is 0 Å². The van der Waals surface area contributed by atoms with Crippen molar-refractivity contribution in [3.8, 4) is 0 Å². The van der Waals surface area contributed by atoms with E-state index < -0.39 is 11.9 Å². The Morgan fingerprint density at radius 3 is 2.58 bits per heavy atom. The van der Waals surface area contributed by atoms with Crippen molar-refractivity contribution in [2.24, 2.45) is 0 Å². The van der Waals surface area contributed by atoms with Gasteiger partial charge in [0.25, 0.3) is 5.91 Å². The van der Waals surface area contributed by atoms with Crippen molar-refractivity contribution in [3.05, 3.63) is 51.3 Å². The van der Waals surface area contributed by atoms with E-state index in [4.69, 9.17) is 21.1 Å². The molecule has 19 heavy (non-hydrogen) atoms. The van der Waals surface area contributed by atoms with Gasteiger partial charge in [-0.05, 0) is 51.8 Å². The molecule has 0 saturated heterocycles. The van der Waals surface area contributed by atoms with Gasteiger partial charge in [-0.15, -0.1) is 0 Å². The van der Waals surface area contributed by atoms with E-state index in [1.807, 2.05) is 0 Å². The maximum atomic E-state index is 11.8. The first kappa shape index (κ1) is 13.6. The first-order valence-electron chi connectivity index (χ1n) is 5.06. The lowest BCUT2D eigenvalue weighted by Crippen LogP contribution is -2.12. The zero-order valence-corrected chi connectivity index (χ0v) is 11.7. The highest BCUT2D eigenvalue weighted by atomic mass is 79.9. The Bertz CT molecular complexity index is 653. The fraction of sp³-hybridized carbons (Fsp3) is 0. The van der Waals surface area contributed by atoms with Gasteiger partial charge in [0.1, 0.15) is 0 Å². The van der Waals surface area contributed by atoms with Crippen molar-refractivity contribution in [1.29, 1.82) is 0 Å². The minimum absolute atomic E-state index is 0.0203. The van der Waals surface area contributed by atoms with Gasteiger partial charge in [0.05, 0.1) is 17.4 Å². The number of furan rings is 1. The molecule has 98 valence electrons. The van der Waals surface area contributed by atoms with Crippen LogP contribution in [0, 0.1) is 0 Å². The summed E-state index contributed by atoms with van der Waals surface area (Å²) in [4.78, 5) is 22.8. The third kappa shape index (κ3) is 2.97. The molecule has 0 unspecified atom stereocenters. The molecule has 0 aliphatic rings. The van der Waals surface area contributed by atoms with E-state index in [2.05, 4.69) is 21.2 Å². The molecule has 0 spiro atoms. The number of halogens is 2. The molecule has 0 saturated carbocycles. The largest absolute Gasteiger partial charge is 0.478 e. The van der Waals surface area contributed by atoms with Gasteiger partial charge in [0, 0.05) is 10.2 Å². The zero-order chi connectivity index (χ0) is 14.0. The quantitative estimate of drug-likeness (QED) is 0.891. The highest BCUT2D eigenvalue weighted by molar-refractivity contribution is 9.10. The van der Waals surface area contributed by atoms with E-state index in [1.165, 1.54) is 24.5 Å². The molecule has 0 radical (unpaired) electrons. The summed E-state index contributed by atoms with van der Waals surface area (Å²) in [6, 6.07) is 5.88. The van der Waals surface area contributed by atoms with Gasteiger partial charge in [-0.3, -0.25) is 4.79 Å². The monoisotopic (exact) mass is 343 g/mol. The molecule has 1 aromatic carbocycles. The predicted octanol–water partition coefficient (Wildman–Crippen LogP) is 3.65. The van der Waals surface area contributed by atoms with Gasteiger partial charge >= 0.3 is 5.97 Å². The molecule has 0 bridgehead atoms. The zero-order valence-electron chi connectivity index (χ0n) is 9.31. The highest BCUT2D eigenvalue weighted by Crippen LogP contribution is 2.23. The second kappa shape index (κ2) is 5.46. The number of carbonyl (C=O) groups excluding carboxylic acids is 1. The Balaban J connectivity index is 2.25. The molecule has 5 nitrogen and oxygen atoms in total. The number of benzene rings is 1. The van der Waals surface area contributed by atoms with Crippen LogP contribution < -0.4 is 5.32 Å². The van der Waals surface area contributed by atoms with E-state index in [0.29, 0.717) is 10.2 Å². The van der Waals surface area contributed by atoms with Crippen molar-refractivity contribution >= 4 is 45.1 Å². The molecular formula is C12H7BrClNO4. The van der Waals surface area contributed by atoms with Crippen LogP contribution in [0.15, 0.2) is 39.4 Å². The van der Waals surface area contributed by atoms with Crippen LogP contribution in [0.4, 0.5) is 5.69 Å². The summed E-state index contributed by atoms with van der Waals surface area (Å²) in [5.74, 6) is -1.57. The molecule has 0 aliphatic carbocycles. The maximum absolute atomic E-state index is 11.8. The molecule has 0 fully saturated rings. The molecule has 2 rings (SSSR count). The Morgan fingerprint density at radius 1 is 1.26 bits per heavy atom. The number of anilines is 1. The van der Waals surface area contributed by atoms with E-state index in [-0.39, 0.29) is 16.3 Å². The van der Waals surface area contributed by atoms with Crippen molar-refractivity contribution in [1.82, 2.24) is 0 Å². The molecule has 1 amide bonds. The number of hydrogen-bond acceptors (Lipinski definition) is 3. The molecular weight excluding hydrogens is 337 g/mol. The highest BCUT2D eigenvalue weighted by Gasteiger charge is 2.15. The van der Waals surface area contributed by atoms with Crippen LogP contribution in [0.2, 0.25) is 5.22 Å². The molecule has 0 atom stereocenters. The fourth-order valence-electron chi connectivity index (χ4n) is 1.42. The topological polar surface area (TPSA) is 79.5 Å². The van der Waals surface area contributed by atoms with E-state index >= 15 is 0 Å². The number of nitrogens with one attached hydrogen (secondary N) is 1. The predicted molar refractivity (Wildman–Crippen MR) is 72.8 cm³/mol. The van der Waals surface area contributed by atoms with Gasteiger partial charge in [0.15, 0.2) is 0 Å². The Hall–Kier alpha value is -1.79. The fourth-order valence-corrected chi connectivity index (χ4v) is 2.04. The van der Waals surface area contributed by atoms with E-state index in [1.54, 1.807) is 6.07 Å². The van der Waals surface area contributed by atoms with Crippen molar-refractivity contribution in [2.45, 2.75) is 0 Å². The van der Waals surface area contributed by atoms with Crippen LogP contribution in [-0.4, -0.2) is 17.0 Å². The van der Waals surface area contributed by atoms with Crippen LogP contribution in [0.1, 0.15) is 20.7 Å². The number of carboxylic acid groups (broad SMARTS) is 1. The second-order valence-corrected chi connectivity index (χ2v) is 4.76. The molecule has 2 N–H and O–H groups in total. The lowest BCUT2D eigenvalue weighted by atomic mass is 10.2. The van der Waals surface area contributed by atoms with E-state index in [9.17, 15) is 9.59 Å². The van der Waals surface area contributed by atoms with Gasteiger partial charge < -0.3 is 14.8 Å². The lowest BCUT2D eigenvalue weighted by molar-refractivity contribution is 0.0695. The average Bonchev–Trinajstić information content (AvgIpc) is 2.77. The number of carboxylic acids is 1. The van der Waals surface area contributed by atoms with Gasteiger partial charge in [-0.2, -0.15) is 0 Å². The summed E-state index contributed by atoms with van der Waals surface area (Å²) < 4.78 is 5.24. The molecule has 1 aromatic heterocycles. The molecule has 0 aliphatic heterocycles. The summed E-state index contributed by atoms with van der Waals surface area (Å²) in [5, 5.41) is 11.5. The Kier molecular flexibility index (Phi) is 3.92. The number of carbonyl (C=O) groups is 2. The summed E-state index contributed by atoms with van der Waals surface area (Å²) in [5.41, 5.74) is 0.584. The SMILES string of the molecule is O=C(O)c1cc(NC(=O)c2ccoc2Cl)ccc1Br. The molecule has 1 heterocycles. The molecule has 7 heteroatoms. The van der Waals surface area contributed by atoms with Gasteiger partial charge in [-0.25, -0.2) is 4.79 Å². The van der Waals surface area contributed by atoms with Crippen LogP contribution in [-0.2, 0) is 0 Å². The smallest absolute Gasteiger partial charge is 0.336 e. The third-order valence-electron chi connectivity index (χ3n) is 2.32. The first-order valence-corrected chi connectivity index (χ1v) is 6.23. The van der Waals surface area contributed by atoms with Crippen LogP contribution in [0.3, 0.4) is 0 Å². The standard InChI is InChI=1S/C12H7BrClNO4/c13-9-2-1-6(5-8(9)12(17)18)15-11(16)7-3-4-19-10(7)14/h1-5H,(H,15,16)(H,17,18). The summed E-state index contributed by atoms with van der Waals surface area (Å²) in [6.07, 6.45) is 1.29. The normalized spacial score (nSPS) is 10.2. The minimum Gasteiger partial charge on any atom is -0.478 e. The number of amides is 1. The number of hydrogen-bond donors (Lipinski definition) is 2. The van der Waals surface area contributed by atoms with E-state index in [0.717, 1.165) is 0 Å². The lowest BCUT2D eigenvalue weighted by Gasteiger charge is -2.06. The van der Waals surface area contributed by atoms with Crippen molar-refractivity contribution in [2.75, 3.05) is 5.32 Å². The Labute approximate surface area is 121 Å². The first-order chi connectivity index (χ1) is 8.99. The number of aromatic carboxylic acids is 1. The van der Waals surface area contributed by atoms with Gasteiger partial charge in [0.2, 0.25) is 5.22 Å². The van der Waals surface area contributed by atoms with Crippen LogP contribution >= 0.6 is 27.5 Å². The third-order valence-corrected chi connectivity index (χ3v) is 3.30. The van der Waals surface area contributed by atoms with Crippen LogP contribution in [0.25, 0.3) is 0 Å². The second-order valence-electron chi connectivity index (χ2n) is 3.56. The van der Waals surface area contributed by atoms with Crippen molar-refractivity contribution < 1.29 is 19.1 Å². The molecule has 2 aromatic rings. The minimum atomic E-state index is -1.09. The van der Waals surface area contributed by atoms with Crippen molar-refractivity contribution in [3.63, 3.8) is 0 Å². The Morgan fingerprint density at radius 2 is 2.00 bits per heavy atom.